The number of hydrogen-bond donors (Lipinski definition) is 2. The summed E-state index contributed by atoms with van der Waals surface area (Å²) in [5.41, 5.74) is -0.0883. The molecule has 0 unspecified atom stereocenters. The van der Waals surface area contributed by atoms with Gasteiger partial charge in [-0.2, -0.15) is 0 Å². The first-order valence-corrected chi connectivity index (χ1v) is 21.2. The minimum atomic E-state index is -3.98. The van der Waals surface area contributed by atoms with Gasteiger partial charge in [0.1, 0.15) is 28.5 Å². The second-order valence-corrected chi connectivity index (χ2v) is 19.4. The average molecular weight is 778 g/mol. The van der Waals surface area contributed by atoms with E-state index in [9.17, 15) is 27.6 Å². The quantitative estimate of drug-likeness (QED) is 0.305. The molecule has 0 bridgehead atoms. The molecule has 3 aliphatic carbocycles. The number of aryl methyl sites for hydroxylation is 2. The number of ether oxygens (including phenoxy) is 3. The molecule has 6 aliphatic rings. The zero-order valence-electron chi connectivity index (χ0n) is 32.1. The van der Waals surface area contributed by atoms with E-state index in [1.165, 1.54) is 4.90 Å². The van der Waals surface area contributed by atoms with E-state index in [4.69, 9.17) is 19.2 Å². The van der Waals surface area contributed by atoms with Crippen molar-refractivity contribution in [2.75, 3.05) is 13.7 Å². The Morgan fingerprint density at radius 1 is 1.05 bits per heavy atom. The first kappa shape index (κ1) is 37.6. The maximum Gasteiger partial charge on any atom is 0.307 e. The number of allylic oxidation sites excluding steroid dienone is 1. The van der Waals surface area contributed by atoms with Gasteiger partial charge in [-0.1, -0.05) is 25.0 Å². The molecule has 3 amide bonds. The van der Waals surface area contributed by atoms with Crippen LogP contribution in [0.15, 0.2) is 24.3 Å². The van der Waals surface area contributed by atoms with Crippen LogP contribution in [0.25, 0.3) is 11.0 Å². The van der Waals surface area contributed by atoms with Crippen molar-refractivity contribution in [3.8, 4) is 11.6 Å². The summed E-state index contributed by atoms with van der Waals surface area (Å²) in [5.74, 6) is -2.26. The van der Waals surface area contributed by atoms with E-state index in [1.54, 1.807) is 20.1 Å². The number of methoxy groups -OCH3 is 1. The highest BCUT2D eigenvalue weighted by Crippen LogP contribution is 2.49. The fraction of sp³-hybridized carbons (Fsp3) is 0.650. The summed E-state index contributed by atoms with van der Waals surface area (Å²) in [5, 5.41) is 2.96. The molecule has 2 aromatic rings. The Bertz CT molecular complexity index is 2100. The first-order chi connectivity index (χ1) is 26.1. The molecule has 4 fully saturated rings. The number of rotatable bonds is 7. The van der Waals surface area contributed by atoms with Gasteiger partial charge in [-0.25, -0.2) is 18.4 Å². The summed E-state index contributed by atoms with van der Waals surface area (Å²) in [7, 11) is -2.43. The number of esters is 1. The minimum absolute atomic E-state index is 0.0743. The standard InChI is InChI=1S/C40H51N5O9S/c1-24-33-27(32-28(41-24)12-13-30(42-32)52-4)14-15-39(54-33)22-29-34(47)43-40(36(49)44-55(50,51)38(3)18-19-38)21-26(40)11-9-7-5-6-8-10-25(35(48)45(29)23-39)20-31(46)53-37(2)16-17-37/h9,11-13,25-26,29H,5-8,10,14-23H2,1-4H3,(H,43,47)(H,44,49)/b11-9-/t25-,26-,29+,39-,40-/m1/s1. The number of nitrogens with zero attached hydrogens (tertiary/aromatic N) is 3. The Morgan fingerprint density at radius 2 is 1.84 bits per heavy atom. The zero-order valence-corrected chi connectivity index (χ0v) is 32.9. The number of aromatic nitrogens is 2. The van der Waals surface area contributed by atoms with Gasteiger partial charge in [0.2, 0.25) is 27.7 Å². The van der Waals surface area contributed by atoms with Crippen LogP contribution in [0.5, 0.6) is 11.6 Å². The molecule has 3 saturated carbocycles. The molecule has 5 heterocycles. The minimum Gasteiger partial charge on any atom is -0.483 e. The van der Waals surface area contributed by atoms with Gasteiger partial charge in [0.05, 0.1) is 41.5 Å². The molecule has 296 valence electrons. The number of hydrogen-bond acceptors (Lipinski definition) is 11. The van der Waals surface area contributed by atoms with Crippen LogP contribution in [0, 0.1) is 18.8 Å². The number of nitrogens with one attached hydrogen (secondary N) is 2. The highest BCUT2D eigenvalue weighted by molar-refractivity contribution is 7.91. The molecular weight excluding hydrogens is 727 g/mol. The van der Waals surface area contributed by atoms with Crippen molar-refractivity contribution in [3.05, 3.63) is 35.5 Å². The topological polar surface area (TPSA) is 183 Å². The van der Waals surface area contributed by atoms with E-state index in [0.717, 1.165) is 37.7 Å². The summed E-state index contributed by atoms with van der Waals surface area (Å²) >= 11 is 0. The Hall–Kier alpha value is -4.27. The Labute approximate surface area is 321 Å². The predicted octanol–water partition coefficient (Wildman–Crippen LogP) is 4.11. The van der Waals surface area contributed by atoms with Crippen molar-refractivity contribution >= 4 is 44.7 Å². The van der Waals surface area contributed by atoms with Gasteiger partial charge in [0, 0.05) is 29.9 Å². The number of pyridine rings is 2. The zero-order chi connectivity index (χ0) is 39.0. The van der Waals surface area contributed by atoms with E-state index in [-0.39, 0.29) is 31.7 Å². The third kappa shape index (κ3) is 7.05. The molecule has 0 aromatic carbocycles. The van der Waals surface area contributed by atoms with E-state index in [0.29, 0.717) is 66.9 Å². The second kappa shape index (κ2) is 13.4. The van der Waals surface area contributed by atoms with E-state index in [2.05, 4.69) is 15.0 Å². The van der Waals surface area contributed by atoms with E-state index >= 15 is 0 Å². The van der Waals surface area contributed by atoms with Gasteiger partial charge < -0.3 is 24.4 Å². The van der Waals surface area contributed by atoms with Gasteiger partial charge in [0.15, 0.2) is 0 Å². The van der Waals surface area contributed by atoms with Crippen LogP contribution < -0.4 is 19.5 Å². The number of carbonyl (C=O) groups excluding carboxylic acids is 4. The lowest BCUT2D eigenvalue weighted by molar-refractivity contribution is -0.155. The van der Waals surface area contributed by atoms with Gasteiger partial charge in [-0.05, 0) is 91.0 Å². The monoisotopic (exact) mass is 777 g/mol. The molecule has 1 saturated heterocycles. The fourth-order valence-electron chi connectivity index (χ4n) is 8.57. The van der Waals surface area contributed by atoms with Crippen LogP contribution in [0.3, 0.4) is 0 Å². The maximum atomic E-state index is 14.8. The smallest absolute Gasteiger partial charge is 0.307 e. The SMILES string of the molecule is COc1ccc2nc(C)c3c(c2n1)CC[C@]1(C[C@H]2C(=O)N[C@]4(C(=O)NS(=O)(=O)C5(C)CC5)C[C@H]4/C=C\CCCCC[C@H](CC(=O)OC4(C)CC4)C(=O)N2C1)O3. The second-order valence-electron chi connectivity index (χ2n) is 17.2. The Kier molecular flexibility index (Phi) is 9.20. The van der Waals surface area contributed by atoms with Crippen molar-refractivity contribution in [1.29, 1.82) is 0 Å². The molecule has 14 nitrogen and oxygen atoms in total. The lowest BCUT2D eigenvalue weighted by atomic mass is 9.88. The molecule has 8 rings (SSSR count). The Morgan fingerprint density at radius 3 is 2.56 bits per heavy atom. The maximum absolute atomic E-state index is 14.8. The van der Waals surface area contributed by atoms with Crippen molar-refractivity contribution in [3.63, 3.8) is 0 Å². The fourth-order valence-corrected chi connectivity index (χ4v) is 9.89. The predicted molar refractivity (Wildman–Crippen MR) is 200 cm³/mol. The summed E-state index contributed by atoms with van der Waals surface area (Å²) in [6.45, 7) is 5.42. The third-order valence-corrected chi connectivity index (χ3v) is 15.0. The summed E-state index contributed by atoms with van der Waals surface area (Å²) in [6.07, 6.45) is 11.1. The van der Waals surface area contributed by atoms with Crippen molar-refractivity contribution < 1.29 is 41.8 Å². The average Bonchev–Trinajstić information content (AvgIpc) is 4.10. The highest BCUT2D eigenvalue weighted by Gasteiger charge is 2.64. The lowest BCUT2D eigenvalue weighted by Crippen LogP contribution is -2.57. The Balaban J connectivity index is 1.13. The molecular formula is C40H51N5O9S. The largest absolute Gasteiger partial charge is 0.483 e. The van der Waals surface area contributed by atoms with Crippen molar-refractivity contribution in [1.82, 2.24) is 24.9 Å². The van der Waals surface area contributed by atoms with Gasteiger partial charge in [-0.15, -0.1) is 0 Å². The normalized spacial score (nSPS) is 31.3. The van der Waals surface area contributed by atoms with Crippen LogP contribution in [0.1, 0.15) is 109 Å². The molecule has 0 radical (unpaired) electrons. The van der Waals surface area contributed by atoms with Crippen LogP contribution in [-0.4, -0.2) is 88.2 Å². The molecule has 1 spiro atoms. The van der Waals surface area contributed by atoms with Gasteiger partial charge >= 0.3 is 5.97 Å². The van der Waals surface area contributed by atoms with E-state index in [1.807, 2.05) is 32.1 Å². The molecule has 55 heavy (non-hydrogen) atoms. The molecule has 15 heteroatoms. The number of amides is 3. The summed E-state index contributed by atoms with van der Waals surface area (Å²) < 4.78 is 45.7. The van der Waals surface area contributed by atoms with Gasteiger partial charge in [-0.3, -0.25) is 23.9 Å². The number of fused-ring (bicyclic) bond motifs is 5. The highest BCUT2D eigenvalue weighted by atomic mass is 32.2. The summed E-state index contributed by atoms with van der Waals surface area (Å²) in [4.78, 5) is 67.6. The summed E-state index contributed by atoms with van der Waals surface area (Å²) in [6, 6.07) is 2.55. The van der Waals surface area contributed by atoms with Crippen LogP contribution in [-0.2, 0) is 40.4 Å². The molecule has 3 aliphatic heterocycles. The van der Waals surface area contributed by atoms with Crippen LogP contribution in [0.2, 0.25) is 0 Å². The van der Waals surface area contributed by atoms with Gasteiger partial charge in [0.25, 0.3) is 5.91 Å². The van der Waals surface area contributed by atoms with Crippen LogP contribution >= 0.6 is 0 Å². The van der Waals surface area contributed by atoms with Crippen molar-refractivity contribution in [2.45, 2.75) is 138 Å². The number of sulfonamides is 1. The number of carbonyl (C=O) groups is 4. The molecule has 5 atom stereocenters. The molecule has 2 N–H and O–H groups in total. The van der Waals surface area contributed by atoms with E-state index < -0.39 is 67.2 Å². The van der Waals surface area contributed by atoms with Crippen molar-refractivity contribution in [2.24, 2.45) is 11.8 Å². The third-order valence-electron chi connectivity index (χ3n) is 12.8. The van der Waals surface area contributed by atoms with Crippen LogP contribution in [0.4, 0.5) is 0 Å². The molecule has 2 aromatic heterocycles. The lowest BCUT2D eigenvalue weighted by Gasteiger charge is -2.36. The first-order valence-electron chi connectivity index (χ1n) is 19.7.